The summed E-state index contributed by atoms with van der Waals surface area (Å²) < 4.78 is 44.0. The number of hydrogen-bond acceptors (Lipinski definition) is 2. The zero-order valence-corrected chi connectivity index (χ0v) is 11.3. The summed E-state index contributed by atoms with van der Waals surface area (Å²) in [6.45, 7) is 3.34. The van der Waals surface area contributed by atoms with E-state index in [1.807, 2.05) is 0 Å². The molecule has 108 valence electrons. The Balaban J connectivity index is 2.72. The highest BCUT2D eigenvalue weighted by Crippen LogP contribution is 2.48. The van der Waals surface area contributed by atoms with Gasteiger partial charge in [-0.05, 0) is 37.1 Å². The fraction of sp³-hybridized carbons (Fsp3) is 0.308. The van der Waals surface area contributed by atoms with E-state index in [1.54, 1.807) is 19.9 Å². The van der Waals surface area contributed by atoms with E-state index in [1.165, 1.54) is 6.07 Å². The molecule has 7 heteroatoms. The minimum Gasteiger partial charge on any atom is -0.478 e. The van der Waals surface area contributed by atoms with Crippen molar-refractivity contribution in [3.8, 4) is 5.75 Å². The molecule has 1 heterocycles. The quantitative estimate of drug-likeness (QED) is 0.805. The highest BCUT2D eigenvalue weighted by molar-refractivity contribution is 6.29. The normalized spacial score (nSPS) is 21.8. The summed E-state index contributed by atoms with van der Waals surface area (Å²) >= 11 is 5.45. The van der Waals surface area contributed by atoms with Gasteiger partial charge in [0.25, 0.3) is 0 Å². The van der Waals surface area contributed by atoms with Crippen LogP contribution in [0.4, 0.5) is 13.2 Å². The van der Waals surface area contributed by atoms with Gasteiger partial charge in [-0.3, -0.25) is 0 Å². The van der Waals surface area contributed by atoms with Gasteiger partial charge in [0.15, 0.2) is 0 Å². The molecule has 0 radical (unpaired) electrons. The van der Waals surface area contributed by atoms with Crippen molar-refractivity contribution in [3.05, 3.63) is 34.4 Å². The van der Waals surface area contributed by atoms with Crippen LogP contribution in [0.15, 0.2) is 17.7 Å². The van der Waals surface area contributed by atoms with Gasteiger partial charge in [0.2, 0.25) is 0 Å². The topological polar surface area (TPSA) is 46.5 Å². The van der Waals surface area contributed by atoms with Crippen LogP contribution in [-0.4, -0.2) is 22.3 Å². The molecule has 0 bridgehead atoms. The van der Waals surface area contributed by atoms with Crippen LogP contribution in [0.2, 0.25) is 0 Å². The van der Waals surface area contributed by atoms with Crippen LogP contribution in [0.5, 0.6) is 5.75 Å². The molecule has 1 aliphatic rings. The molecule has 0 saturated heterocycles. The summed E-state index contributed by atoms with van der Waals surface area (Å²) in [5.74, 6) is -1.86. The predicted molar refractivity (Wildman–Crippen MR) is 66.8 cm³/mol. The third-order valence-electron chi connectivity index (χ3n) is 2.97. The number of carboxylic acid groups (broad SMARTS) is 1. The molecule has 0 aliphatic carbocycles. The molecule has 1 N–H and O–H groups in total. The summed E-state index contributed by atoms with van der Waals surface area (Å²) in [4.78, 5) is 11.1. The van der Waals surface area contributed by atoms with Crippen molar-refractivity contribution in [2.45, 2.75) is 25.1 Å². The molecule has 0 fully saturated rings. The van der Waals surface area contributed by atoms with Gasteiger partial charge in [-0.15, -0.1) is 0 Å². The number of hydrogen-bond donors (Lipinski definition) is 1. The number of halogens is 4. The van der Waals surface area contributed by atoms with Gasteiger partial charge < -0.3 is 9.84 Å². The second-order valence-corrected chi connectivity index (χ2v) is 5.08. The number of rotatable bonds is 1. The number of carbonyl (C=O) groups is 1. The second kappa shape index (κ2) is 4.41. The van der Waals surface area contributed by atoms with E-state index >= 15 is 0 Å². The SMILES string of the molecule is Cc1cc(C)c2c(c1)OC(Cl)(C(F)(F)F)C(C(=O)O)=C2. The van der Waals surface area contributed by atoms with E-state index in [2.05, 4.69) is 0 Å². The number of carboxylic acids is 1. The third kappa shape index (κ3) is 2.14. The van der Waals surface area contributed by atoms with Crippen molar-refractivity contribution in [1.82, 2.24) is 0 Å². The standard InChI is InChI=1S/C13H10ClF3O3/c1-6-3-7(2)8-5-9(11(18)19)12(14,13(15,16)17)20-10(8)4-6/h3-5H,1-2H3,(H,18,19). The Morgan fingerprint density at radius 3 is 2.45 bits per heavy atom. The Bertz CT molecular complexity index is 622. The lowest BCUT2D eigenvalue weighted by molar-refractivity contribution is -0.204. The lowest BCUT2D eigenvalue weighted by atomic mass is 9.96. The molecule has 1 unspecified atom stereocenters. The fourth-order valence-electron chi connectivity index (χ4n) is 2.06. The number of ether oxygens (including phenoxy) is 1. The van der Waals surface area contributed by atoms with Crippen molar-refractivity contribution >= 4 is 23.6 Å². The number of alkyl halides is 4. The molecule has 1 aromatic carbocycles. The molecule has 1 aromatic rings. The van der Waals surface area contributed by atoms with Crippen LogP contribution in [0, 0.1) is 13.8 Å². The zero-order chi connectivity index (χ0) is 15.3. The second-order valence-electron chi connectivity index (χ2n) is 4.55. The molecule has 20 heavy (non-hydrogen) atoms. The molecule has 0 saturated carbocycles. The van der Waals surface area contributed by atoms with Crippen LogP contribution in [0.1, 0.15) is 16.7 Å². The zero-order valence-electron chi connectivity index (χ0n) is 10.5. The molecule has 2 rings (SSSR count). The first-order valence-electron chi connectivity index (χ1n) is 5.57. The Labute approximate surface area is 117 Å². The van der Waals surface area contributed by atoms with E-state index in [0.29, 0.717) is 11.1 Å². The van der Waals surface area contributed by atoms with Crippen LogP contribution >= 0.6 is 11.6 Å². The van der Waals surface area contributed by atoms with E-state index in [-0.39, 0.29) is 11.3 Å². The van der Waals surface area contributed by atoms with Gasteiger partial charge in [0.1, 0.15) is 11.3 Å². The smallest absolute Gasteiger partial charge is 0.448 e. The lowest BCUT2D eigenvalue weighted by Crippen LogP contribution is -2.50. The van der Waals surface area contributed by atoms with Crippen molar-refractivity contribution < 1.29 is 27.8 Å². The maximum atomic E-state index is 13.1. The number of aliphatic carboxylic acids is 1. The van der Waals surface area contributed by atoms with Gasteiger partial charge in [0.05, 0.1) is 0 Å². The number of benzene rings is 1. The average Bonchev–Trinajstić information content (AvgIpc) is 2.25. The summed E-state index contributed by atoms with van der Waals surface area (Å²) in [7, 11) is 0. The summed E-state index contributed by atoms with van der Waals surface area (Å²) in [6, 6.07) is 3.10. The molecule has 3 nitrogen and oxygen atoms in total. The largest absolute Gasteiger partial charge is 0.478 e. The van der Waals surface area contributed by atoms with Gasteiger partial charge >= 0.3 is 17.2 Å². The minimum absolute atomic E-state index is 0.0835. The Kier molecular flexibility index (Phi) is 3.25. The number of aryl methyl sites for hydroxylation is 2. The molecule has 1 atom stereocenters. The average molecular weight is 307 g/mol. The first kappa shape index (κ1) is 14.7. The molecular weight excluding hydrogens is 297 g/mol. The first-order chi connectivity index (χ1) is 9.06. The minimum atomic E-state index is -5.06. The maximum Gasteiger partial charge on any atom is 0.448 e. The van der Waals surface area contributed by atoms with Crippen molar-refractivity contribution in [3.63, 3.8) is 0 Å². The van der Waals surface area contributed by atoms with Gasteiger partial charge in [-0.25, -0.2) is 4.79 Å². The highest BCUT2D eigenvalue weighted by atomic mass is 35.5. The lowest BCUT2D eigenvalue weighted by Gasteiger charge is -2.34. The van der Waals surface area contributed by atoms with Crippen LogP contribution in [0.25, 0.3) is 6.08 Å². The van der Waals surface area contributed by atoms with Crippen LogP contribution in [0.3, 0.4) is 0 Å². The van der Waals surface area contributed by atoms with Crippen molar-refractivity contribution in [1.29, 1.82) is 0 Å². The van der Waals surface area contributed by atoms with E-state index in [9.17, 15) is 18.0 Å². The molecular formula is C13H10ClF3O3. The summed E-state index contributed by atoms with van der Waals surface area (Å²) in [6.07, 6.45) is -4.15. The Morgan fingerprint density at radius 1 is 1.35 bits per heavy atom. The number of fused-ring (bicyclic) bond motifs is 1. The monoisotopic (exact) mass is 306 g/mol. The van der Waals surface area contributed by atoms with Gasteiger partial charge in [-0.1, -0.05) is 17.7 Å². The first-order valence-corrected chi connectivity index (χ1v) is 5.95. The van der Waals surface area contributed by atoms with Crippen LogP contribution in [-0.2, 0) is 4.79 Å². The Morgan fingerprint density at radius 2 is 1.95 bits per heavy atom. The Hall–Kier alpha value is -1.69. The summed E-state index contributed by atoms with van der Waals surface area (Å²) in [5.41, 5.74) is 0.536. The van der Waals surface area contributed by atoms with E-state index < -0.39 is 22.8 Å². The van der Waals surface area contributed by atoms with E-state index in [4.69, 9.17) is 21.4 Å². The molecule has 0 amide bonds. The third-order valence-corrected chi connectivity index (χ3v) is 3.47. The van der Waals surface area contributed by atoms with Gasteiger partial charge in [-0.2, -0.15) is 13.2 Å². The summed E-state index contributed by atoms with van der Waals surface area (Å²) in [5, 5.41) is 5.59. The highest BCUT2D eigenvalue weighted by Gasteiger charge is 2.62. The molecule has 0 aromatic heterocycles. The van der Waals surface area contributed by atoms with Crippen molar-refractivity contribution in [2.75, 3.05) is 0 Å². The van der Waals surface area contributed by atoms with Crippen LogP contribution < -0.4 is 4.74 Å². The maximum absolute atomic E-state index is 13.1. The van der Waals surface area contributed by atoms with E-state index in [0.717, 1.165) is 6.08 Å². The fourth-order valence-corrected chi connectivity index (χ4v) is 2.28. The van der Waals surface area contributed by atoms with Gasteiger partial charge in [0, 0.05) is 5.56 Å². The molecule has 1 aliphatic heterocycles. The predicted octanol–water partition coefficient (Wildman–Crippen LogP) is 3.66. The van der Waals surface area contributed by atoms with Crippen molar-refractivity contribution in [2.24, 2.45) is 0 Å². The molecule has 0 spiro atoms.